The summed E-state index contributed by atoms with van der Waals surface area (Å²) in [6, 6.07) is 1.69. The first kappa shape index (κ1) is 11.5. The smallest absolute Gasteiger partial charge is 0.342 e. The molecule has 0 unspecified atom stereocenters. The van der Waals surface area contributed by atoms with Crippen LogP contribution in [-0.2, 0) is 4.74 Å². The van der Waals surface area contributed by atoms with Crippen LogP contribution in [-0.4, -0.2) is 24.2 Å². The summed E-state index contributed by atoms with van der Waals surface area (Å²) in [5.74, 6) is -3.30. The molecule has 1 aromatic rings. The van der Waals surface area contributed by atoms with Crippen LogP contribution in [0.4, 0.5) is 4.39 Å². The number of carbonyl (C=O) groups is 2. The van der Waals surface area contributed by atoms with Crippen LogP contribution in [0.25, 0.3) is 0 Å². The number of methoxy groups -OCH3 is 1. The number of benzene rings is 1. The summed E-state index contributed by atoms with van der Waals surface area (Å²) in [7, 11) is 1.07. The highest BCUT2D eigenvalue weighted by molar-refractivity contribution is 6.34. The van der Waals surface area contributed by atoms with E-state index in [1.807, 2.05) is 0 Å². The summed E-state index contributed by atoms with van der Waals surface area (Å²) in [6.07, 6.45) is 0. The third-order valence-electron chi connectivity index (χ3n) is 1.68. The molecule has 0 aliphatic heterocycles. The van der Waals surface area contributed by atoms with Gasteiger partial charge in [0, 0.05) is 0 Å². The van der Waals surface area contributed by atoms with Crippen LogP contribution >= 0.6 is 11.6 Å². The molecule has 80 valence electrons. The maximum Gasteiger partial charge on any atom is 0.342 e. The molecule has 0 atom stereocenters. The van der Waals surface area contributed by atoms with E-state index in [9.17, 15) is 14.0 Å². The Balaban J connectivity index is 3.33. The number of carboxylic acids is 1. The van der Waals surface area contributed by atoms with Gasteiger partial charge >= 0.3 is 11.9 Å². The minimum atomic E-state index is -1.33. The molecule has 0 saturated heterocycles. The average molecular weight is 233 g/mol. The first-order valence-electron chi connectivity index (χ1n) is 3.78. The quantitative estimate of drug-likeness (QED) is 0.792. The van der Waals surface area contributed by atoms with Gasteiger partial charge in [0.25, 0.3) is 0 Å². The minimum absolute atomic E-state index is 0.292. The number of carbonyl (C=O) groups excluding carboxylic acids is 1. The van der Waals surface area contributed by atoms with Crippen molar-refractivity contribution in [2.24, 2.45) is 0 Å². The third kappa shape index (κ3) is 2.24. The zero-order valence-electron chi connectivity index (χ0n) is 7.58. The predicted molar refractivity (Wildman–Crippen MR) is 49.7 cm³/mol. The van der Waals surface area contributed by atoms with Crippen molar-refractivity contribution in [1.82, 2.24) is 0 Å². The topological polar surface area (TPSA) is 63.6 Å². The van der Waals surface area contributed by atoms with Gasteiger partial charge in [0.2, 0.25) is 0 Å². The van der Waals surface area contributed by atoms with Crippen LogP contribution in [0.2, 0.25) is 5.02 Å². The van der Waals surface area contributed by atoms with Crippen molar-refractivity contribution in [2.75, 3.05) is 7.11 Å². The molecule has 1 rings (SSSR count). The molecule has 1 aromatic carbocycles. The molecule has 0 spiro atoms. The number of ether oxygens (including phenoxy) is 1. The van der Waals surface area contributed by atoms with Gasteiger partial charge in [-0.15, -0.1) is 0 Å². The van der Waals surface area contributed by atoms with E-state index in [-0.39, 0.29) is 10.6 Å². The van der Waals surface area contributed by atoms with Crippen molar-refractivity contribution in [3.63, 3.8) is 0 Å². The highest BCUT2D eigenvalue weighted by Gasteiger charge is 2.19. The third-order valence-corrected chi connectivity index (χ3v) is 1.98. The summed E-state index contributed by atoms with van der Waals surface area (Å²) in [4.78, 5) is 21.6. The van der Waals surface area contributed by atoms with Crippen LogP contribution in [0.3, 0.4) is 0 Å². The highest BCUT2D eigenvalue weighted by Crippen LogP contribution is 2.22. The lowest BCUT2D eigenvalue weighted by atomic mass is 10.1. The second kappa shape index (κ2) is 4.27. The molecule has 0 saturated carbocycles. The first-order valence-corrected chi connectivity index (χ1v) is 4.15. The second-order valence-electron chi connectivity index (χ2n) is 2.61. The molecule has 0 amide bonds. The van der Waals surface area contributed by atoms with Gasteiger partial charge in [0.05, 0.1) is 17.7 Å². The van der Waals surface area contributed by atoms with E-state index in [0.29, 0.717) is 6.07 Å². The molecule has 4 nitrogen and oxygen atoms in total. The molecule has 0 bridgehead atoms. The van der Waals surface area contributed by atoms with Crippen LogP contribution < -0.4 is 0 Å². The highest BCUT2D eigenvalue weighted by atomic mass is 35.5. The molecular weight excluding hydrogens is 227 g/mol. The molecule has 0 aliphatic carbocycles. The molecule has 0 radical (unpaired) electrons. The van der Waals surface area contributed by atoms with Crippen molar-refractivity contribution in [3.05, 3.63) is 34.1 Å². The van der Waals surface area contributed by atoms with E-state index in [2.05, 4.69) is 4.74 Å². The number of halogens is 2. The summed E-state index contributed by atoms with van der Waals surface area (Å²) < 4.78 is 17.5. The van der Waals surface area contributed by atoms with Crippen molar-refractivity contribution < 1.29 is 23.8 Å². The van der Waals surface area contributed by atoms with E-state index < -0.39 is 23.3 Å². The van der Waals surface area contributed by atoms with Crippen molar-refractivity contribution in [3.8, 4) is 0 Å². The van der Waals surface area contributed by atoms with E-state index in [0.717, 1.165) is 13.2 Å². The van der Waals surface area contributed by atoms with Gasteiger partial charge in [-0.2, -0.15) is 0 Å². The Morgan fingerprint density at radius 1 is 1.47 bits per heavy atom. The van der Waals surface area contributed by atoms with Crippen LogP contribution in [0, 0.1) is 5.82 Å². The first-order chi connectivity index (χ1) is 6.97. The van der Waals surface area contributed by atoms with E-state index >= 15 is 0 Å². The second-order valence-corrected chi connectivity index (χ2v) is 3.02. The Hall–Kier alpha value is -1.62. The van der Waals surface area contributed by atoms with E-state index in [4.69, 9.17) is 16.7 Å². The fourth-order valence-electron chi connectivity index (χ4n) is 0.994. The molecule has 0 heterocycles. The number of rotatable bonds is 2. The predicted octanol–water partition coefficient (Wildman–Crippen LogP) is 1.96. The lowest BCUT2D eigenvalue weighted by Crippen LogP contribution is -2.08. The van der Waals surface area contributed by atoms with E-state index in [1.54, 1.807) is 0 Å². The molecule has 1 N–H and O–H groups in total. The molecule has 0 aliphatic rings. The summed E-state index contributed by atoms with van der Waals surface area (Å²) in [5.41, 5.74) is -0.797. The number of hydrogen-bond acceptors (Lipinski definition) is 3. The zero-order chi connectivity index (χ0) is 11.6. The van der Waals surface area contributed by atoms with Gasteiger partial charge in [0.1, 0.15) is 11.4 Å². The van der Waals surface area contributed by atoms with Crippen LogP contribution in [0.1, 0.15) is 20.7 Å². The summed E-state index contributed by atoms with van der Waals surface area (Å²) in [5, 5.41) is 8.29. The molecule has 0 fully saturated rings. The average Bonchev–Trinajstić information content (AvgIpc) is 2.16. The monoisotopic (exact) mass is 232 g/mol. The fourth-order valence-corrected chi connectivity index (χ4v) is 1.28. The molecule has 6 heteroatoms. The number of hydrogen-bond donors (Lipinski definition) is 1. The number of esters is 1. The molecule has 0 aromatic heterocycles. The maximum absolute atomic E-state index is 13.3. The van der Waals surface area contributed by atoms with Gasteiger partial charge in [-0.3, -0.25) is 0 Å². The van der Waals surface area contributed by atoms with E-state index in [1.165, 1.54) is 0 Å². The Morgan fingerprint density at radius 2 is 2.07 bits per heavy atom. The van der Waals surface area contributed by atoms with Gasteiger partial charge in [0.15, 0.2) is 0 Å². The minimum Gasteiger partial charge on any atom is -0.478 e. The maximum atomic E-state index is 13.3. The van der Waals surface area contributed by atoms with Crippen LogP contribution in [0.15, 0.2) is 12.1 Å². The van der Waals surface area contributed by atoms with Gasteiger partial charge in [-0.05, 0) is 12.1 Å². The fraction of sp³-hybridized carbons (Fsp3) is 0.111. The molecular formula is C9H6ClFO4. The van der Waals surface area contributed by atoms with Gasteiger partial charge in [-0.25, -0.2) is 14.0 Å². The SMILES string of the molecule is COC(=O)c1c(F)cc(C(=O)O)cc1Cl. The van der Waals surface area contributed by atoms with Gasteiger partial charge < -0.3 is 9.84 Å². The Kier molecular flexibility index (Phi) is 3.26. The Bertz CT molecular complexity index is 407. The normalized spacial score (nSPS) is 9.80. The largest absolute Gasteiger partial charge is 0.478 e. The standard InChI is InChI=1S/C9H6ClFO4/c1-15-9(14)7-5(10)2-4(8(12)13)3-6(7)11/h2-3H,1H3,(H,12,13). The number of aromatic carboxylic acids is 1. The molecule has 15 heavy (non-hydrogen) atoms. The lowest BCUT2D eigenvalue weighted by molar-refractivity contribution is 0.0593. The van der Waals surface area contributed by atoms with Gasteiger partial charge in [-0.1, -0.05) is 11.6 Å². The van der Waals surface area contributed by atoms with Crippen molar-refractivity contribution >= 4 is 23.5 Å². The number of carboxylic acid groups (broad SMARTS) is 1. The zero-order valence-corrected chi connectivity index (χ0v) is 8.34. The summed E-state index contributed by atoms with van der Waals surface area (Å²) in [6.45, 7) is 0. The van der Waals surface area contributed by atoms with Crippen molar-refractivity contribution in [2.45, 2.75) is 0 Å². The Labute approximate surface area is 89.2 Å². The Morgan fingerprint density at radius 3 is 2.47 bits per heavy atom. The lowest BCUT2D eigenvalue weighted by Gasteiger charge is -2.04. The van der Waals surface area contributed by atoms with Crippen LogP contribution in [0.5, 0.6) is 0 Å². The summed E-state index contributed by atoms with van der Waals surface area (Å²) >= 11 is 5.55. The van der Waals surface area contributed by atoms with Crippen molar-refractivity contribution in [1.29, 1.82) is 0 Å².